The number of ether oxygens (including phenoxy) is 1. The molecule has 0 radical (unpaired) electrons. The number of nitrogens with zero attached hydrogens (tertiary/aromatic N) is 3. The van der Waals surface area contributed by atoms with Crippen molar-refractivity contribution in [2.45, 2.75) is 12.8 Å². The number of anilines is 1. The molecule has 158 valence electrons. The van der Waals surface area contributed by atoms with Crippen LogP contribution in [0.25, 0.3) is 10.2 Å². The van der Waals surface area contributed by atoms with Crippen molar-refractivity contribution in [3.63, 3.8) is 0 Å². The summed E-state index contributed by atoms with van der Waals surface area (Å²) in [7, 11) is 0. The van der Waals surface area contributed by atoms with Gasteiger partial charge in [-0.15, -0.1) is 0 Å². The van der Waals surface area contributed by atoms with Crippen LogP contribution in [0.15, 0.2) is 42.5 Å². The number of hydrogen-bond donors (Lipinski definition) is 0. The van der Waals surface area contributed by atoms with Crippen molar-refractivity contribution < 1.29 is 13.9 Å². The Morgan fingerprint density at radius 3 is 2.73 bits per heavy atom. The van der Waals surface area contributed by atoms with Gasteiger partial charge in [0, 0.05) is 31.2 Å². The van der Waals surface area contributed by atoms with E-state index < -0.39 is 0 Å². The standard InChI is InChI=1S/C22H23ClFN3O2S/c23-17-4-7-19-20(15-17)30-22(25-19)27(9-1-8-26-10-12-29-13-11-26)21(28)14-16-2-5-18(24)6-3-16/h2-7,15H,1,8-14H2. The van der Waals surface area contributed by atoms with E-state index in [4.69, 9.17) is 16.3 Å². The third kappa shape index (κ3) is 5.35. The number of carbonyl (C=O) groups is 1. The fourth-order valence-corrected chi connectivity index (χ4v) is 4.76. The second-order valence-corrected chi connectivity index (χ2v) is 8.71. The van der Waals surface area contributed by atoms with E-state index in [0.717, 1.165) is 55.0 Å². The zero-order chi connectivity index (χ0) is 20.9. The zero-order valence-electron chi connectivity index (χ0n) is 16.5. The summed E-state index contributed by atoms with van der Waals surface area (Å²) < 4.78 is 19.6. The minimum atomic E-state index is -0.309. The number of carbonyl (C=O) groups excluding carboxylic acids is 1. The van der Waals surface area contributed by atoms with Crippen LogP contribution in [0.5, 0.6) is 0 Å². The molecule has 0 N–H and O–H groups in total. The molecule has 0 atom stereocenters. The molecule has 0 saturated carbocycles. The number of morpholine rings is 1. The molecule has 0 unspecified atom stereocenters. The molecule has 1 aliphatic rings. The smallest absolute Gasteiger partial charge is 0.233 e. The Kier molecular flexibility index (Phi) is 6.94. The lowest BCUT2D eigenvalue weighted by Crippen LogP contribution is -2.39. The van der Waals surface area contributed by atoms with Gasteiger partial charge in [0.1, 0.15) is 5.82 Å². The van der Waals surface area contributed by atoms with Crippen molar-refractivity contribution in [2.75, 3.05) is 44.3 Å². The Labute approximate surface area is 184 Å². The van der Waals surface area contributed by atoms with Crippen LogP contribution in [-0.4, -0.2) is 55.2 Å². The van der Waals surface area contributed by atoms with E-state index in [9.17, 15) is 9.18 Å². The van der Waals surface area contributed by atoms with Crippen LogP contribution >= 0.6 is 22.9 Å². The van der Waals surface area contributed by atoms with Gasteiger partial charge in [0.05, 0.1) is 29.9 Å². The van der Waals surface area contributed by atoms with E-state index >= 15 is 0 Å². The Bertz CT molecular complexity index is 1010. The minimum absolute atomic E-state index is 0.0475. The van der Waals surface area contributed by atoms with Crippen molar-refractivity contribution >= 4 is 44.2 Å². The number of benzene rings is 2. The van der Waals surface area contributed by atoms with Gasteiger partial charge in [-0.2, -0.15) is 0 Å². The van der Waals surface area contributed by atoms with Crippen LogP contribution in [0, 0.1) is 5.82 Å². The van der Waals surface area contributed by atoms with E-state index in [1.54, 1.807) is 23.1 Å². The molecule has 1 amide bonds. The first kappa shape index (κ1) is 21.2. The van der Waals surface area contributed by atoms with Gasteiger partial charge in [-0.3, -0.25) is 14.6 Å². The zero-order valence-corrected chi connectivity index (χ0v) is 18.1. The van der Waals surface area contributed by atoms with Crippen molar-refractivity contribution in [3.05, 3.63) is 58.9 Å². The van der Waals surface area contributed by atoms with Crippen molar-refractivity contribution in [1.29, 1.82) is 0 Å². The number of amides is 1. The number of thiazole rings is 1. The fraction of sp³-hybridized carbons (Fsp3) is 0.364. The lowest BCUT2D eigenvalue weighted by molar-refractivity contribution is -0.118. The van der Waals surface area contributed by atoms with Gasteiger partial charge in [0.2, 0.25) is 5.91 Å². The highest BCUT2D eigenvalue weighted by Crippen LogP contribution is 2.31. The summed E-state index contributed by atoms with van der Waals surface area (Å²) in [5.41, 5.74) is 1.61. The third-order valence-corrected chi connectivity index (χ3v) is 6.38. The first-order valence-electron chi connectivity index (χ1n) is 9.99. The number of fused-ring (bicyclic) bond motifs is 1. The van der Waals surface area contributed by atoms with Gasteiger partial charge in [0.25, 0.3) is 0 Å². The van der Waals surface area contributed by atoms with Gasteiger partial charge in [-0.1, -0.05) is 35.1 Å². The molecule has 1 aromatic heterocycles. The largest absolute Gasteiger partial charge is 0.379 e. The normalized spacial score (nSPS) is 14.9. The second-order valence-electron chi connectivity index (χ2n) is 7.26. The molecule has 4 rings (SSSR count). The highest BCUT2D eigenvalue weighted by atomic mass is 35.5. The third-order valence-electron chi connectivity index (χ3n) is 5.10. The summed E-state index contributed by atoms with van der Waals surface area (Å²) in [6.45, 7) is 4.83. The number of halogens is 2. The molecule has 30 heavy (non-hydrogen) atoms. The van der Waals surface area contributed by atoms with Gasteiger partial charge in [-0.25, -0.2) is 9.37 Å². The lowest BCUT2D eigenvalue weighted by Gasteiger charge is -2.27. The number of aromatic nitrogens is 1. The molecular formula is C22H23ClFN3O2S. The predicted octanol–water partition coefficient (Wildman–Crippen LogP) is 4.39. The van der Waals surface area contributed by atoms with Crippen LogP contribution in [0.3, 0.4) is 0 Å². The molecule has 1 saturated heterocycles. The summed E-state index contributed by atoms with van der Waals surface area (Å²) in [6.07, 6.45) is 1.04. The van der Waals surface area contributed by atoms with E-state index in [-0.39, 0.29) is 18.1 Å². The first-order valence-corrected chi connectivity index (χ1v) is 11.2. The van der Waals surface area contributed by atoms with Gasteiger partial charge in [-0.05, 0) is 42.3 Å². The van der Waals surface area contributed by atoms with Crippen LogP contribution in [0.2, 0.25) is 5.02 Å². The number of rotatable bonds is 7. The van der Waals surface area contributed by atoms with Gasteiger partial charge >= 0.3 is 0 Å². The number of hydrogen-bond acceptors (Lipinski definition) is 5. The van der Waals surface area contributed by atoms with Crippen molar-refractivity contribution in [3.8, 4) is 0 Å². The summed E-state index contributed by atoms with van der Waals surface area (Å²) in [5, 5.41) is 1.32. The van der Waals surface area contributed by atoms with Crippen LogP contribution in [0.4, 0.5) is 9.52 Å². The Morgan fingerprint density at radius 2 is 1.97 bits per heavy atom. The lowest BCUT2D eigenvalue weighted by atomic mass is 10.1. The van der Waals surface area contributed by atoms with E-state index in [1.807, 2.05) is 12.1 Å². The molecule has 3 aromatic rings. The molecule has 8 heteroatoms. The predicted molar refractivity (Wildman–Crippen MR) is 119 cm³/mol. The maximum atomic E-state index is 13.2. The SMILES string of the molecule is O=C(Cc1ccc(F)cc1)N(CCCN1CCOCC1)c1nc2ccc(Cl)cc2s1. The Balaban J connectivity index is 1.51. The topological polar surface area (TPSA) is 45.7 Å². The molecule has 1 aliphatic heterocycles. The van der Waals surface area contributed by atoms with Crippen LogP contribution in [0.1, 0.15) is 12.0 Å². The van der Waals surface area contributed by atoms with Gasteiger partial charge in [0.15, 0.2) is 5.13 Å². The van der Waals surface area contributed by atoms with Gasteiger partial charge < -0.3 is 4.74 Å². The molecule has 5 nitrogen and oxygen atoms in total. The highest BCUT2D eigenvalue weighted by molar-refractivity contribution is 7.22. The average molecular weight is 448 g/mol. The fourth-order valence-electron chi connectivity index (χ4n) is 3.48. The van der Waals surface area contributed by atoms with Crippen molar-refractivity contribution in [1.82, 2.24) is 9.88 Å². The quantitative estimate of drug-likeness (QED) is 0.539. The second kappa shape index (κ2) is 9.83. The minimum Gasteiger partial charge on any atom is -0.379 e. The molecule has 0 bridgehead atoms. The molecule has 2 aromatic carbocycles. The Morgan fingerprint density at radius 1 is 1.20 bits per heavy atom. The van der Waals surface area contributed by atoms with E-state index in [0.29, 0.717) is 16.7 Å². The van der Waals surface area contributed by atoms with E-state index in [2.05, 4.69) is 9.88 Å². The maximum Gasteiger partial charge on any atom is 0.233 e. The van der Waals surface area contributed by atoms with Crippen LogP contribution in [-0.2, 0) is 16.0 Å². The summed E-state index contributed by atoms with van der Waals surface area (Å²) in [6, 6.07) is 11.6. The highest BCUT2D eigenvalue weighted by Gasteiger charge is 2.21. The average Bonchev–Trinajstić information content (AvgIpc) is 3.16. The maximum absolute atomic E-state index is 13.2. The Hall–Kier alpha value is -2.06. The van der Waals surface area contributed by atoms with E-state index in [1.165, 1.54) is 23.5 Å². The monoisotopic (exact) mass is 447 g/mol. The summed E-state index contributed by atoms with van der Waals surface area (Å²) in [4.78, 5) is 21.9. The molecule has 0 spiro atoms. The summed E-state index contributed by atoms with van der Waals surface area (Å²) >= 11 is 7.57. The first-order chi connectivity index (χ1) is 14.6. The van der Waals surface area contributed by atoms with Crippen LogP contribution < -0.4 is 4.90 Å². The molecule has 0 aliphatic carbocycles. The molecule has 1 fully saturated rings. The molecular weight excluding hydrogens is 425 g/mol. The van der Waals surface area contributed by atoms with Crippen molar-refractivity contribution in [2.24, 2.45) is 0 Å². The molecule has 2 heterocycles. The summed E-state index contributed by atoms with van der Waals surface area (Å²) in [5.74, 6) is -0.356.